The highest BCUT2D eigenvalue weighted by atomic mass is 16.5. The molecule has 1 heterocycles. The zero-order valence-electron chi connectivity index (χ0n) is 10.1. The highest BCUT2D eigenvalue weighted by Crippen LogP contribution is 2.19. The molecule has 0 aromatic carbocycles. The Morgan fingerprint density at radius 3 is 2.87 bits per heavy atom. The van der Waals surface area contributed by atoms with Crippen LogP contribution in [0.1, 0.15) is 39.0 Å². The summed E-state index contributed by atoms with van der Waals surface area (Å²) in [6.07, 6.45) is 6.11. The van der Waals surface area contributed by atoms with Crippen LogP contribution >= 0.6 is 0 Å². The molecule has 0 radical (unpaired) electrons. The minimum atomic E-state index is -0.331. The van der Waals surface area contributed by atoms with E-state index in [0.717, 1.165) is 13.1 Å². The lowest BCUT2D eigenvalue weighted by molar-refractivity contribution is 0.0266. The van der Waals surface area contributed by atoms with Gasteiger partial charge in [-0.05, 0) is 25.8 Å². The molecule has 1 N–H and O–H groups in total. The molecule has 1 fully saturated rings. The summed E-state index contributed by atoms with van der Waals surface area (Å²) in [6, 6.07) is 0.666. The van der Waals surface area contributed by atoms with Crippen LogP contribution in [-0.2, 0) is 4.74 Å². The first kappa shape index (κ1) is 12.9. The van der Waals surface area contributed by atoms with E-state index >= 15 is 0 Å². The van der Waals surface area contributed by atoms with Crippen LogP contribution in [0.4, 0.5) is 0 Å². The summed E-state index contributed by atoms with van der Waals surface area (Å²) in [4.78, 5) is 2.44. The molecule has 2 atom stereocenters. The van der Waals surface area contributed by atoms with Gasteiger partial charge in [-0.15, -0.1) is 0 Å². The van der Waals surface area contributed by atoms with Crippen molar-refractivity contribution in [1.29, 1.82) is 0 Å². The van der Waals surface area contributed by atoms with Gasteiger partial charge in [-0.3, -0.25) is 4.90 Å². The Kier molecular flexibility index (Phi) is 6.22. The Balaban J connectivity index is 2.40. The van der Waals surface area contributed by atoms with E-state index in [-0.39, 0.29) is 6.10 Å². The average molecular weight is 215 g/mol. The Bertz CT molecular complexity index is 164. The topological polar surface area (TPSA) is 32.7 Å². The lowest BCUT2D eigenvalue weighted by Crippen LogP contribution is -2.41. The summed E-state index contributed by atoms with van der Waals surface area (Å²) in [7, 11) is 1.64. The van der Waals surface area contributed by atoms with Crippen LogP contribution in [0, 0.1) is 0 Å². The molecule has 0 unspecified atom stereocenters. The summed E-state index contributed by atoms with van der Waals surface area (Å²) >= 11 is 0. The van der Waals surface area contributed by atoms with Crippen LogP contribution in [0.2, 0.25) is 0 Å². The molecule has 1 aliphatic rings. The largest absolute Gasteiger partial charge is 0.389 e. The predicted molar refractivity (Wildman–Crippen MR) is 62.0 cm³/mol. The van der Waals surface area contributed by atoms with Crippen molar-refractivity contribution >= 4 is 0 Å². The fourth-order valence-corrected chi connectivity index (χ4v) is 2.46. The standard InChI is InChI=1S/C12H25NO2/c1-3-11-7-5-4-6-8-13(11)9-12(14)10-15-2/h11-12,14H,3-10H2,1-2H3/t11-,12-/m0/s1. The quantitative estimate of drug-likeness (QED) is 0.757. The summed E-state index contributed by atoms with van der Waals surface area (Å²) in [6.45, 7) is 4.60. The highest BCUT2D eigenvalue weighted by Gasteiger charge is 2.21. The van der Waals surface area contributed by atoms with Crippen molar-refractivity contribution in [3.8, 4) is 0 Å². The second kappa shape index (κ2) is 7.20. The summed E-state index contributed by atoms with van der Waals surface area (Å²) in [5.41, 5.74) is 0. The predicted octanol–water partition coefficient (Wildman–Crippen LogP) is 1.65. The molecule has 3 nitrogen and oxygen atoms in total. The van der Waals surface area contributed by atoms with Gasteiger partial charge in [-0.2, -0.15) is 0 Å². The van der Waals surface area contributed by atoms with Crippen LogP contribution in [0.25, 0.3) is 0 Å². The number of methoxy groups -OCH3 is 1. The molecule has 0 aromatic rings. The monoisotopic (exact) mass is 215 g/mol. The molecule has 1 rings (SSSR count). The number of likely N-dealkylation sites (tertiary alicyclic amines) is 1. The maximum Gasteiger partial charge on any atom is 0.0900 e. The minimum Gasteiger partial charge on any atom is -0.389 e. The molecule has 1 saturated heterocycles. The van der Waals surface area contributed by atoms with Gasteiger partial charge in [0.15, 0.2) is 0 Å². The third-order valence-corrected chi connectivity index (χ3v) is 3.27. The molecule has 3 heteroatoms. The van der Waals surface area contributed by atoms with Crippen LogP contribution in [0.15, 0.2) is 0 Å². The van der Waals surface area contributed by atoms with Crippen molar-refractivity contribution in [1.82, 2.24) is 4.90 Å². The van der Waals surface area contributed by atoms with Crippen LogP contribution in [0.3, 0.4) is 0 Å². The molecule has 0 amide bonds. The van der Waals surface area contributed by atoms with E-state index in [4.69, 9.17) is 4.74 Å². The van der Waals surface area contributed by atoms with Gasteiger partial charge < -0.3 is 9.84 Å². The van der Waals surface area contributed by atoms with E-state index in [1.54, 1.807) is 7.11 Å². The Labute approximate surface area is 93.4 Å². The Hall–Kier alpha value is -0.120. The third kappa shape index (κ3) is 4.49. The van der Waals surface area contributed by atoms with Gasteiger partial charge in [-0.25, -0.2) is 0 Å². The molecule has 90 valence electrons. The summed E-state index contributed by atoms with van der Waals surface area (Å²) in [5, 5.41) is 9.74. The van der Waals surface area contributed by atoms with Gasteiger partial charge in [0, 0.05) is 19.7 Å². The van der Waals surface area contributed by atoms with Gasteiger partial charge in [0.1, 0.15) is 0 Å². The van der Waals surface area contributed by atoms with Crippen molar-refractivity contribution in [2.75, 3.05) is 26.8 Å². The number of nitrogens with zero attached hydrogens (tertiary/aromatic N) is 1. The number of aliphatic hydroxyl groups is 1. The molecule has 0 saturated carbocycles. The highest BCUT2D eigenvalue weighted by molar-refractivity contribution is 4.76. The van der Waals surface area contributed by atoms with Crippen molar-refractivity contribution < 1.29 is 9.84 Å². The number of ether oxygens (including phenoxy) is 1. The zero-order chi connectivity index (χ0) is 11.1. The summed E-state index contributed by atoms with van der Waals surface area (Å²) < 4.78 is 4.97. The van der Waals surface area contributed by atoms with Gasteiger partial charge in [-0.1, -0.05) is 19.8 Å². The zero-order valence-corrected chi connectivity index (χ0v) is 10.1. The van der Waals surface area contributed by atoms with E-state index in [9.17, 15) is 5.11 Å². The normalized spacial score (nSPS) is 26.2. The van der Waals surface area contributed by atoms with E-state index in [1.807, 2.05) is 0 Å². The van der Waals surface area contributed by atoms with Crippen molar-refractivity contribution in [2.24, 2.45) is 0 Å². The first-order valence-corrected chi connectivity index (χ1v) is 6.19. The van der Waals surface area contributed by atoms with E-state index < -0.39 is 0 Å². The fraction of sp³-hybridized carbons (Fsp3) is 1.00. The third-order valence-electron chi connectivity index (χ3n) is 3.27. The molecular formula is C12H25NO2. The second-order valence-corrected chi connectivity index (χ2v) is 4.52. The van der Waals surface area contributed by atoms with Crippen molar-refractivity contribution in [3.05, 3.63) is 0 Å². The van der Waals surface area contributed by atoms with Crippen LogP contribution < -0.4 is 0 Å². The van der Waals surface area contributed by atoms with Crippen molar-refractivity contribution in [2.45, 2.75) is 51.2 Å². The first-order valence-electron chi connectivity index (χ1n) is 6.19. The maximum absolute atomic E-state index is 9.74. The number of hydrogen-bond donors (Lipinski definition) is 1. The number of β-amino-alcohol motifs (C(OH)–C–C–N with tert-alkyl or cyclic N) is 1. The Morgan fingerprint density at radius 2 is 2.20 bits per heavy atom. The molecule has 15 heavy (non-hydrogen) atoms. The molecule has 0 aliphatic carbocycles. The molecular weight excluding hydrogens is 190 g/mol. The number of rotatable bonds is 5. The number of hydrogen-bond acceptors (Lipinski definition) is 3. The van der Waals surface area contributed by atoms with E-state index in [0.29, 0.717) is 12.6 Å². The molecule has 0 bridgehead atoms. The van der Waals surface area contributed by atoms with Gasteiger partial charge in [0.25, 0.3) is 0 Å². The molecule has 1 aliphatic heterocycles. The van der Waals surface area contributed by atoms with Gasteiger partial charge in [0.2, 0.25) is 0 Å². The van der Waals surface area contributed by atoms with Crippen LogP contribution in [0.5, 0.6) is 0 Å². The molecule has 0 spiro atoms. The van der Waals surface area contributed by atoms with Gasteiger partial charge in [0.05, 0.1) is 12.7 Å². The molecule has 0 aromatic heterocycles. The van der Waals surface area contributed by atoms with E-state index in [1.165, 1.54) is 32.1 Å². The lowest BCUT2D eigenvalue weighted by Gasteiger charge is -2.30. The van der Waals surface area contributed by atoms with E-state index in [2.05, 4.69) is 11.8 Å². The maximum atomic E-state index is 9.74. The summed E-state index contributed by atoms with van der Waals surface area (Å²) in [5.74, 6) is 0. The minimum absolute atomic E-state index is 0.331. The second-order valence-electron chi connectivity index (χ2n) is 4.52. The SMILES string of the molecule is CC[C@H]1CCCCCN1C[C@H](O)COC. The number of aliphatic hydroxyl groups excluding tert-OH is 1. The van der Waals surface area contributed by atoms with Crippen LogP contribution in [-0.4, -0.2) is 49.0 Å². The van der Waals surface area contributed by atoms with Gasteiger partial charge >= 0.3 is 0 Å². The van der Waals surface area contributed by atoms with Crippen molar-refractivity contribution in [3.63, 3.8) is 0 Å². The lowest BCUT2D eigenvalue weighted by atomic mass is 10.1. The first-order chi connectivity index (χ1) is 7.27. The smallest absolute Gasteiger partial charge is 0.0900 e. The average Bonchev–Trinajstić information content (AvgIpc) is 2.43. The Morgan fingerprint density at radius 1 is 1.40 bits per heavy atom. The fourth-order valence-electron chi connectivity index (χ4n) is 2.46.